The quantitative estimate of drug-likeness (QED) is 0.784. The van der Waals surface area contributed by atoms with Crippen LogP contribution in [0.3, 0.4) is 0 Å². The van der Waals surface area contributed by atoms with E-state index >= 15 is 0 Å². The topological polar surface area (TPSA) is 29.3 Å². The summed E-state index contributed by atoms with van der Waals surface area (Å²) in [7, 11) is 0. The molecule has 0 saturated carbocycles. The summed E-state index contributed by atoms with van der Waals surface area (Å²) < 4.78 is 0. The van der Waals surface area contributed by atoms with Crippen LogP contribution in [0, 0.1) is 11.8 Å². The van der Waals surface area contributed by atoms with Crippen LogP contribution in [0.25, 0.3) is 0 Å². The van der Waals surface area contributed by atoms with E-state index in [1.807, 2.05) is 0 Å². The van der Waals surface area contributed by atoms with Gasteiger partial charge < -0.3 is 5.73 Å². The zero-order chi connectivity index (χ0) is 12.1. The summed E-state index contributed by atoms with van der Waals surface area (Å²) >= 11 is 0. The molecule has 1 aromatic carbocycles. The van der Waals surface area contributed by atoms with Gasteiger partial charge in [-0.05, 0) is 44.0 Å². The van der Waals surface area contributed by atoms with Crippen molar-refractivity contribution >= 4 is 0 Å². The highest BCUT2D eigenvalue weighted by Gasteiger charge is 2.19. The van der Waals surface area contributed by atoms with Crippen LogP contribution >= 0.6 is 0 Å². The number of nitrogens with two attached hydrogens (primary N) is 1. The molecular formula is C15H20N2. The molecule has 17 heavy (non-hydrogen) atoms. The van der Waals surface area contributed by atoms with E-state index in [0.29, 0.717) is 6.54 Å². The zero-order valence-electron chi connectivity index (χ0n) is 10.4. The minimum atomic E-state index is 0.424. The van der Waals surface area contributed by atoms with Crippen LogP contribution in [0.5, 0.6) is 0 Å². The molecule has 2 rings (SSSR count). The van der Waals surface area contributed by atoms with Gasteiger partial charge in [0.1, 0.15) is 0 Å². The van der Waals surface area contributed by atoms with Crippen molar-refractivity contribution in [1.82, 2.24) is 4.90 Å². The van der Waals surface area contributed by atoms with Crippen LogP contribution < -0.4 is 5.73 Å². The van der Waals surface area contributed by atoms with E-state index in [1.54, 1.807) is 0 Å². The molecule has 2 N–H and O–H groups in total. The van der Waals surface area contributed by atoms with Crippen molar-refractivity contribution in [3.63, 3.8) is 0 Å². The average molecular weight is 228 g/mol. The van der Waals surface area contributed by atoms with Gasteiger partial charge in [0.25, 0.3) is 0 Å². The Labute approximate surface area is 104 Å². The maximum atomic E-state index is 5.35. The van der Waals surface area contributed by atoms with Crippen molar-refractivity contribution in [3.05, 3.63) is 35.4 Å². The van der Waals surface area contributed by atoms with Crippen molar-refractivity contribution in [1.29, 1.82) is 0 Å². The molecular weight excluding hydrogens is 208 g/mol. The molecule has 1 aliphatic rings. The first kappa shape index (κ1) is 12.2. The summed E-state index contributed by atoms with van der Waals surface area (Å²) in [5.41, 5.74) is 7.77. The molecule has 0 aliphatic carbocycles. The number of hydrogen-bond acceptors (Lipinski definition) is 2. The summed E-state index contributed by atoms with van der Waals surface area (Å²) in [5, 5.41) is 0. The van der Waals surface area contributed by atoms with Crippen LogP contribution in [0.4, 0.5) is 0 Å². The van der Waals surface area contributed by atoms with Gasteiger partial charge in [0.15, 0.2) is 0 Å². The largest absolute Gasteiger partial charge is 0.320 e. The van der Waals surface area contributed by atoms with Crippen LogP contribution in [-0.2, 0) is 6.54 Å². The van der Waals surface area contributed by atoms with Gasteiger partial charge in [0.05, 0.1) is 6.54 Å². The highest BCUT2D eigenvalue weighted by molar-refractivity contribution is 5.36. The lowest BCUT2D eigenvalue weighted by Gasteiger charge is -2.20. The van der Waals surface area contributed by atoms with Gasteiger partial charge in [-0.15, -0.1) is 0 Å². The Morgan fingerprint density at radius 3 is 2.71 bits per heavy atom. The van der Waals surface area contributed by atoms with Gasteiger partial charge in [-0.1, -0.05) is 24.0 Å². The fourth-order valence-corrected chi connectivity index (χ4v) is 2.31. The van der Waals surface area contributed by atoms with Gasteiger partial charge in [0, 0.05) is 18.2 Å². The smallest absolute Gasteiger partial charge is 0.0555 e. The minimum absolute atomic E-state index is 0.424. The molecule has 1 heterocycles. The molecule has 1 aromatic rings. The number of rotatable bonds is 2. The predicted molar refractivity (Wildman–Crippen MR) is 71.5 cm³/mol. The maximum absolute atomic E-state index is 5.35. The standard InChI is InChI=1S/C15H20N2/c1-13-4-3-11-17(13)12-15-8-6-14(7-9-15)5-2-10-16/h6-9,13H,3-4,10-12,16H2,1H3. The molecule has 0 bridgehead atoms. The third-order valence-electron chi connectivity index (χ3n) is 3.36. The van der Waals surface area contributed by atoms with E-state index in [2.05, 4.69) is 47.9 Å². The first-order valence-corrected chi connectivity index (χ1v) is 6.31. The molecule has 0 amide bonds. The summed E-state index contributed by atoms with van der Waals surface area (Å²) in [5.74, 6) is 5.92. The highest BCUT2D eigenvalue weighted by atomic mass is 15.2. The molecule has 0 radical (unpaired) electrons. The molecule has 1 aliphatic heterocycles. The van der Waals surface area contributed by atoms with Crippen molar-refractivity contribution in [2.75, 3.05) is 13.1 Å². The molecule has 90 valence electrons. The summed E-state index contributed by atoms with van der Waals surface area (Å²) in [6.45, 7) is 5.03. The van der Waals surface area contributed by atoms with Gasteiger partial charge in [-0.3, -0.25) is 4.90 Å². The molecule has 2 heteroatoms. The molecule has 2 nitrogen and oxygen atoms in total. The molecule has 1 unspecified atom stereocenters. The number of nitrogens with zero attached hydrogens (tertiary/aromatic N) is 1. The third-order valence-corrected chi connectivity index (χ3v) is 3.36. The molecule has 1 atom stereocenters. The number of benzene rings is 1. The van der Waals surface area contributed by atoms with Crippen LogP contribution in [0.15, 0.2) is 24.3 Å². The summed E-state index contributed by atoms with van der Waals surface area (Å²) in [6.07, 6.45) is 2.67. The fourth-order valence-electron chi connectivity index (χ4n) is 2.31. The van der Waals surface area contributed by atoms with E-state index < -0.39 is 0 Å². The van der Waals surface area contributed by atoms with Crippen molar-refractivity contribution in [2.45, 2.75) is 32.4 Å². The van der Waals surface area contributed by atoms with E-state index in [0.717, 1.165) is 18.2 Å². The second kappa shape index (κ2) is 5.86. The monoisotopic (exact) mass is 228 g/mol. The molecule has 1 fully saturated rings. The SMILES string of the molecule is CC1CCCN1Cc1ccc(C#CCN)cc1. The Bertz CT molecular complexity index is 411. The normalized spacial score (nSPS) is 20.0. The van der Waals surface area contributed by atoms with E-state index in [9.17, 15) is 0 Å². The molecule has 0 spiro atoms. The Balaban J connectivity index is 1.98. The third kappa shape index (κ3) is 3.33. The molecule has 0 aromatic heterocycles. The Kier molecular flexibility index (Phi) is 4.19. The van der Waals surface area contributed by atoms with Crippen LogP contribution in [0.2, 0.25) is 0 Å². The average Bonchev–Trinajstić information content (AvgIpc) is 2.74. The highest BCUT2D eigenvalue weighted by Crippen LogP contribution is 2.19. The van der Waals surface area contributed by atoms with Crippen molar-refractivity contribution < 1.29 is 0 Å². The number of likely N-dealkylation sites (tertiary alicyclic amines) is 1. The second-order valence-electron chi connectivity index (χ2n) is 4.66. The Hall–Kier alpha value is -1.30. The van der Waals surface area contributed by atoms with Crippen molar-refractivity contribution in [3.8, 4) is 11.8 Å². The van der Waals surface area contributed by atoms with Gasteiger partial charge in [0.2, 0.25) is 0 Å². The van der Waals surface area contributed by atoms with E-state index in [-0.39, 0.29) is 0 Å². The first-order valence-electron chi connectivity index (χ1n) is 6.31. The molecule has 1 saturated heterocycles. The van der Waals surface area contributed by atoms with Gasteiger partial charge >= 0.3 is 0 Å². The maximum Gasteiger partial charge on any atom is 0.0555 e. The van der Waals surface area contributed by atoms with Gasteiger partial charge in [-0.2, -0.15) is 0 Å². The van der Waals surface area contributed by atoms with Crippen molar-refractivity contribution in [2.24, 2.45) is 5.73 Å². The fraction of sp³-hybridized carbons (Fsp3) is 0.467. The summed E-state index contributed by atoms with van der Waals surface area (Å²) in [4.78, 5) is 2.54. The lowest BCUT2D eigenvalue weighted by Crippen LogP contribution is -2.26. The summed E-state index contributed by atoms with van der Waals surface area (Å²) in [6, 6.07) is 9.24. The Morgan fingerprint density at radius 1 is 1.35 bits per heavy atom. The van der Waals surface area contributed by atoms with Gasteiger partial charge in [-0.25, -0.2) is 0 Å². The number of hydrogen-bond donors (Lipinski definition) is 1. The lowest BCUT2D eigenvalue weighted by atomic mass is 10.1. The first-order chi connectivity index (χ1) is 8.29. The van der Waals surface area contributed by atoms with Crippen LogP contribution in [0.1, 0.15) is 30.9 Å². The predicted octanol–water partition coefficient (Wildman–Crippen LogP) is 1.98. The van der Waals surface area contributed by atoms with E-state index in [4.69, 9.17) is 5.73 Å². The zero-order valence-corrected chi connectivity index (χ0v) is 10.4. The second-order valence-corrected chi connectivity index (χ2v) is 4.66. The Morgan fingerprint density at radius 2 is 2.12 bits per heavy atom. The van der Waals surface area contributed by atoms with Crippen LogP contribution in [-0.4, -0.2) is 24.0 Å². The lowest BCUT2D eigenvalue weighted by molar-refractivity contribution is 0.260. The minimum Gasteiger partial charge on any atom is -0.320 e. The van der Waals surface area contributed by atoms with E-state index in [1.165, 1.54) is 24.9 Å².